The number of nitrogens with one attached hydrogen (secondary N) is 1. The van der Waals surface area contributed by atoms with Crippen LogP contribution in [0.15, 0.2) is 42.5 Å². The minimum absolute atomic E-state index is 0.106. The van der Waals surface area contributed by atoms with E-state index in [0.29, 0.717) is 5.75 Å². The predicted molar refractivity (Wildman–Crippen MR) is 103 cm³/mol. The number of aromatic hydroxyl groups is 1. The molecule has 1 unspecified atom stereocenters. The van der Waals surface area contributed by atoms with Crippen LogP contribution >= 0.6 is 0 Å². The number of phenolic OH excluding ortho intramolecular Hbond substituents is 1. The fourth-order valence-corrected chi connectivity index (χ4v) is 3.14. The molecule has 24 heavy (non-hydrogen) atoms. The van der Waals surface area contributed by atoms with Gasteiger partial charge in [0.1, 0.15) is 5.75 Å². The molecule has 2 aromatic rings. The molecule has 2 aromatic carbocycles. The van der Waals surface area contributed by atoms with Gasteiger partial charge in [0.2, 0.25) is 0 Å². The highest BCUT2D eigenvalue weighted by Crippen LogP contribution is 2.41. The smallest absolute Gasteiger partial charge is 0.123 e. The molecule has 0 bridgehead atoms. The second kappa shape index (κ2) is 6.60. The van der Waals surface area contributed by atoms with Gasteiger partial charge in [-0.1, -0.05) is 71.9 Å². The van der Waals surface area contributed by atoms with Crippen LogP contribution in [0.5, 0.6) is 5.75 Å². The van der Waals surface area contributed by atoms with E-state index >= 15 is 0 Å². The summed E-state index contributed by atoms with van der Waals surface area (Å²) in [6.07, 6.45) is 0. The summed E-state index contributed by atoms with van der Waals surface area (Å²) in [6.45, 7) is 12.9. The average Bonchev–Trinajstić information content (AvgIpc) is 2.48. The predicted octanol–water partition coefficient (Wildman–Crippen LogP) is 5.30. The minimum atomic E-state index is -0.116. The van der Waals surface area contributed by atoms with Crippen molar-refractivity contribution in [3.8, 4) is 5.75 Å². The van der Waals surface area contributed by atoms with Crippen molar-refractivity contribution in [2.45, 2.75) is 58.4 Å². The summed E-state index contributed by atoms with van der Waals surface area (Å²) in [5, 5.41) is 14.3. The maximum atomic E-state index is 10.9. The van der Waals surface area contributed by atoms with Crippen molar-refractivity contribution in [1.29, 1.82) is 0 Å². The molecule has 2 heteroatoms. The normalized spacial score (nSPS) is 13.8. The van der Waals surface area contributed by atoms with Crippen molar-refractivity contribution in [2.75, 3.05) is 7.05 Å². The Hall–Kier alpha value is -1.80. The maximum Gasteiger partial charge on any atom is 0.123 e. The summed E-state index contributed by atoms with van der Waals surface area (Å²) < 4.78 is 0. The molecule has 2 rings (SSSR count). The molecule has 0 aliphatic carbocycles. The Balaban J connectivity index is 2.70. The first-order chi connectivity index (χ1) is 11.1. The van der Waals surface area contributed by atoms with Crippen LogP contribution in [0.1, 0.15) is 69.8 Å². The van der Waals surface area contributed by atoms with Crippen LogP contribution < -0.4 is 5.32 Å². The summed E-state index contributed by atoms with van der Waals surface area (Å²) in [5.74, 6) is 0.432. The minimum Gasteiger partial charge on any atom is -0.507 e. The standard InChI is InChI=1S/C22H31NO/c1-21(2,3)17-13-16(14-18(20(17)24)22(4,5)6)19(23-7)15-11-9-8-10-12-15/h8-14,19,23-24H,1-7H3. The van der Waals surface area contributed by atoms with E-state index in [-0.39, 0.29) is 16.9 Å². The van der Waals surface area contributed by atoms with Gasteiger partial charge in [0, 0.05) is 0 Å². The first-order valence-electron chi connectivity index (χ1n) is 8.66. The van der Waals surface area contributed by atoms with Crippen molar-refractivity contribution in [3.63, 3.8) is 0 Å². The molecule has 0 aliphatic rings. The van der Waals surface area contributed by atoms with Gasteiger partial charge >= 0.3 is 0 Å². The lowest BCUT2D eigenvalue weighted by atomic mass is 9.77. The van der Waals surface area contributed by atoms with E-state index in [4.69, 9.17) is 0 Å². The average molecular weight is 325 g/mol. The Labute approximate surface area is 146 Å². The Morgan fingerprint density at radius 2 is 1.25 bits per heavy atom. The largest absolute Gasteiger partial charge is 0.507 e. The van der Waals surface area contributed by atoms with E-state index in [0.717, 1.165) is 11.1 Å². The van der Waals surface area contributed by atoms with E-state index < -0.39 is 0 Å². The van der Waals surface area contributed by atoms with Gasteiger partial charge in [-0.3, -0.25) is 0 Å². The first-order valence-corrected chi connectivity index (χ1v) is 8.66. The van der Waals surface area contributed by atoms with Crippen LogP contribution in [0, 0.1) is 0 Å². The van der Waals surface area contributed by atoms with Crippen LogP contribution in [0.2, 0.25) is 0 Å². The van der Waals surface area contributed by atoms with Gasteiger partial charge in [0.15, 0.2) is 0 Å². The summed E-state index contributed by atoms with van der Waals surface area (Å²) >= 11 is 0. The third-order valence-corrected chi connectivity index (χ3v) is 4.50. The summed E-state index contributed by atoms with van der Waals surface area (Å²) in [5.41, 5.74) is 4.19. The highest BCUT2D eigenvalue weighted by Gasteiger charge is 2.28. The van der Waals surface area contributed by atoms with Gasteiger partial charge in [-0.2, -0.15) is 0 Å². The topological polar surface area (TPSA) is 32.3 Å². The second-order valence-electron chi connectivity index (χ2n) is 8.60. The number of benzene rings is 2. The Morgan fingerprint density at radius 1 is 0.792 bits per heavy atom. The number of hydrogen-bond donors (Lipinski definition) is 2. The Kier molecular flexibility index (Phi) is 5.10. The third-order valence-electron chi connectivity index (χ3n) is 4.50. The fourth-order valence-electron chi connectivity index (χ4n) is 3.14. The van der Waals surface area contributed by atoms with Crippen molar-refractivity contribution >= 4 is 0 Å². The SMILES string of the molecule is CNC(c1ccccc1)c1cc(C(C)(C)C)c(O)c(C(C)(C)C)c1. The maximum absolute atomic E-state index is 10.9. The molecule has 0 saturated carbocycles. The molecule has 0 saturated heterocycles. The van der Waals surface area contributed by atoms with Crippen LogP contribution in [0.3, 0.4) is 0 Å². The number of phenols is 1. The highest BCUT2D eigenvalue weighted by molar-refractivity contribution is 5.51. The lowest BCUT2D eigenvalue weighted by molar-refractivity contribution is 0.422. The third kappa shape index (κ3) is 3.81. The lowest BCUT2D eigenvalue weighted by Crippen LogP contribution is -2.22. The van der Waals surface area contributed by atoms with E-state index in [1.54, 1.807) is 0 Å². The molecule has 0 fully saturated rings. The molecule has 1 atom stereocenters. The molecule has 0 amide bonds. The lowest BCUT2D eigenvalue weighted by Gasteiger charge is -2.30. The van der Waals surface area contributed by atoms with Crippen molar-refractivity contribution in [1.82, 2.24) is 5.32 Å². The van der Waals surface area contributed by atoms with E-state index in [9.17, 15) is 5.11 Å². The molecular weight excluding hydrogens is 294 g/mol. The quantitative estimate of drug-likeness (QED) is 0.803. The van der Waals surface area contributed by atoms with Gasteiger partial charge in [-0.15, -0.1) is 0 Å². The van der Waals surface area contributed by atoms with Gasteiger partial charge in [-0.25, -0.2) is 0 Å². The van der Waals surface area contributed by atoms with Crippen LogP contribution in [-0.2, 0) is 10.8 Å². The fraction of sp³-hybridized carbons (Fsp3) is 0.455. The van der Waals surface area contributed by atoms with Gasteiger partial charge < -0.3 is 10.4 Å². The van der Waals surface area contributed by atoms with Crippen molar-refractivity contribution in [2.24, 2.45) is 0 Å². The second-order valence-corrected chi connectivity index (χ2v) is 8.60. The van der Waals surface area contributed by atoms with Crippen molar-refractivity contribution < 1.29 is 5.11 Å². The summed E-state index contributed by atoms with van der Waals surface area (Å²) in [7, 11) is 1.98. The molecule has 0 radical (unpaired) electrons. The first kappa shape index (κ1) is 18.5. The van der Waals surface area contributed by atoms with E-state index in [2.05, 4.69) is 83.3 Å². The summed E-state index contributed by atoms with van der Waals surface area (Å²) in [4.78, 5) is 0. The molecule has 2 nitrogen and oxygen atoms in total. The number of rotatable bonds is 3. The monoisotopic (exact) mass is 325 g/mol. The van der Waals surface area contributed by atoms with Crippen LogP contribution in [-0.4, -0.2) is 12.2 Å². The van der Waals surface area contributed by atoms with Gasteiger partial charge in [-0.05, 0) is 52.3 Å². The zero-order valence-electron chi connectivity index (χ0n) is 16.1. The van der Waals surface area contributed by atoms with Crippen LogP contribution in [0.25, 0.3) is 0 Å². The Morgan fingerprint density at radius 3 is 1.62 bits per heavy atom. The summed E-state index contributed by atoms with van der Waals surface area (Å²) in [6, 6.07) is 14.9. The number of hydrogen-bond acceptors (Lipinski definition) is 2. The van der Waals surface area contributed by atoms with Crippen molar-refractivity contribution in [3.05, 3.63) is 64.7 Å². The van der Waals surface area contributed by atoms with Gasteiger partial charge in [0.25, 0.3) is 0 Å². The molecule has 0 aliphatic heterocycles. The molecule has 0 aromatic heterocycles. The molecule has 0 heterocycles. The zero-order chi connectivity index (χ0) is 18.1. The van der Waals surface area contributed by atoms with Crippen LogP contribution in [0.4, 0.5) is 0 Å². The molecule has 0 spiro atoms. The van der Waals surface area contributed by atoms with E-state index in [1.807, 2.05) is 13.1 Å². The molecule has 130 valence electrons. The van der Waals surface area contributed by atoms with Gasteiger partial charge in [0.05, 0.1) is 6.04 Å². The Bertz CT molecular complexity index is 655. The molecule has 2 N–H and O–H groups in total. The van der Waals surface area contributed by atoms with E-state index in [1.165, 1.54) is 11.1 Å². The zero-order valence-corrected chi connectivity index (χ0v) is 16.1. The highest BCUT2D eigenvalue weighted by atomic mass is 16.3. The molecular formula is C22H31NO.